The van der Waals surface area contributed by atoms with E-state index >= 15 is 0 Å². The number of aromatic nitrogens is 1. The predicted molar refractivity (Wildman–Crippen MR) is 129 cm³/mol. The van der Waals surface area contributed by atoms with E-state index in [0.29, 0.717) is 22.2 Å². The third kappa shape index (κ3) is 6.43. The average molecular weight is 473 g/mol. The van der Waals surface area contributed by atoms with Gasteiger partial charge < -0.3 is 15.4 Å². The van der Waals surface area contributed by atoms with Crippen molar-refractivity contribution in [1.82, 2.24) is 15.6 Å². The summed E-state index contributed by atoms with van der Waals surface area (Å²) in [5.74, 6) is -0.902. The van der Waals surface area contributed by atoms with Gasteiger partial charge in [-0.15, -0.1) is 11.8 Å². The lowest BCUT2D eigenvalue weighted by Crippen LogP contribution is -2.53. The molecule has 2 amide bonds. The van der Waals surface area contributed by atoms with Gasteiger partial charge in [-0.3, -0.25) is 14.6 Å². The fourth-order valence-corrected chi connectivity index (χ4v) is 4.61. The van der Waals surface area contributed by atoms with Crippen LogP contribution in [0.4, 0.5) is 0 Å². The maximum atomic E-state index is 13.2. The lowest BCUT2D eigenvalue weighted by atomic mass is 10.0. The van der Waals surface area contributed by atoms with Crippen LogP contribution < -0.4 is 10.6 Å². The summed E-state index contributed by atoms with van der Waals surface area (Å²) in [6, 6.07) is 4.68. The van der Waals surface area contributed by atoms with Gasteiger partial charge in [0.15, 0.2) is 0 Å². The molecule has 2 N–H and O–H groups in total. The van der Waals surface area contributed by atoms with Crippen LogP contribution in [0.25, 0.3) is 0 Å². The van der Waals surface area contributed by atoms with Crippen LogP contribution in [0.1, 0.15) is 58.3 Å². The molecule has 3 atom stereocenters. The first-order chi connectivity index (χ1) is 15.7. The Labute approximate surface area is 199 Å². The zero-order valence-electron chi connectivity index (χ0n) is 19.6. The van der Waals surface area contributed by atoms with Crippen molar-refractivity contribution >= 4 is 34.6 Å². The van der Waals surface area contributed by atoms with Crippen molar-refractivity contribution in [2.24, 2.45) is 10.9 Å². The van der Waals surface area contributed by atoms with E-state index in [-0.39, 0.29) is 30.7 Å². The number of carbonyl (C=O) groups is 3. The molecule has 0 saturated carbocycles. The smallest absolute Gasteiger partial charge is 0.329 e. The summed E-state index contributed by atoms with van der Waals surface area (Å²) in [5, 5.41) is 6.36. The monoisotopic (exact) mass is 472 g/mol. The minimum Gasteiger partial charge on any atom is -0.456 e. The topological polar surface area (TPSA) is 110 Å². The highest BCUT2D eigenvalue weighted by molar-refractivity contribution is 8.14. The zero-order valence-corrected chi connectivity index (χ0v) is 20.4. The molecule has 2 aliphatic heterocycles. The van der Waals surface area contributed by atoms with Crippen LogP contribution in [0, 0.1) is 5.92 Å². The van der Waals surface area contributed by atoms with Crippen molar-refractivity contribution in [3.05, 3.63) is 41.7 Å². The van der Waals surface area contributed by atoms with E-state index in [2.05, 4.69) is 20.6 Å². The molecular weight excluding hydrogens is 440 g/mol. The number of unbranched alkanes of at least 4 members (excludes halogenated alkanes) is 1. The summed E-state index contributed by atoms with van der Waals surface area (Å²) < 4.78 is 5.69. The Hall–Kier alpha value is -2.68. The molecule has 3 rings (SSSR count). The van der Waals surface area contributed by atoms with Gasteiger partial charge in [0, 0.05) is 5.75 Å². The Balaban J connectivity index is 1.95. The van der Waals surface area contributed by atoms with Gasteiger partial charge in [-0.05, 0) is 37.5 Å². The van der Waals surface area contributed by atoms with Crippen LogP contribution in [0.5, 0.6) is 0 Å². The molecule has 3 heterocycles. The van der Waals surface area contributed by atoms with Crippen LogP contribution >= 0.6 is 11.8 Å². The molecule has 9 heteroatoms. The summed E-state index contributed by atoms with van der Waals surface area (Å²) in [5.41, 5.74) is 0.330. The predicted octanol–water partition coefficient (Wildman–Crippen LogP) is 2.76. The highest BCUT2D eigenvalue weighted by Gasteiger charge is 2.41. The van der Waals surface area contributed by atoms with Crippen LogP contribution in [-0.4, -0.2) is 51.2 Å². The maximum Gasteiger partial charge on any atom is 0.329 e. The molecule has 0 unspecified atom stereocenters. The van der Waals surface area contributed by atoms with E-state index in [4.69, 9.17) is 4.74 Å². The van der Waals surface area contributed by atoms with Crippen LogP contribution in [0.3, 0.4) is 0 Å². The molecule has 0 radical (unpaired) electrons. The van der Waals surface area contributed by atoms with E-state index in [1.165, 1.54) is 11.8 Å². The molecule has 0 saturated heterocycles. The molecular formula is C24H32N4O4S. The molecule has 178 valence electrons. The Morgan fingerprint density at radius 2 is 2.09 bits per heavy atom. The summed E-state index contributed by atoms with van der Waals surface area (Å²) in [4.78, 5) is 48.1. The first-order valence-corrected chi connectivity index (χ1v) is 12.3. The van der Waals surface area contributed by atoms with E-state index < -0.39 is 23.7 Å². The first kappa shape index (κ1) is 25.0. The van der Waals surface area contributed by atoms with Crippen molar-refractivity contribution in [2.75, 3.05) is 5.75 Å². The largest absolute Gasteiger partial charge is 0.456 e. The number of fused-ring (bicyclic) bond motifs is 4. The van der Waals surface area contributed by atoms with Gasteiger partial charge in [-0.25, -0.2) is 9.78 Å². The Morgan fingerprint density at radius 1 is 1.30 bits per heavy atom. The maximum absolute atomic E-state index is 13.2. The lowest BCUT2D eigenvalue weighted by molar-refractivity contribution is -0.153. The van der Waals surface area contributed by atoms with E-state index in [9.17, 15) is 14.4 Å². The Kier molecular flexibility index (Phi) is 8.29. The third-order valence-electron chi connectivity index (χ3n) is 5.49. The van der Waals surface area contributed by atoms with Crippen LogP contribution in [0.15, 0.2) is 35.3 Å². The number of hydrogen-bond acceptors (Lipinski definition) is 7. The number of nitrogens with one attached hydrogen (secondary N) is 2. The van der Waals surface area contributed by atoms with Gasteiger partial charge in [-0.2, -0.15) is 0 Å². The molecule has 1 aromatic heterocycles. The second-order valence-corrected chi connectivity index (χ2v) is 9.83. The molecule has 0 aliphatic carbocycles. The number of pyridine rings is 1. The number of aliphatic imine (C=N–C) groups is 1. The Morgan fingerprint density at radius 3 is 2.82 bits per heavy atom. The minimum atomic E-state index is -1.02. The van der Waals surface area contributed by atoms with Gasteiger partial charge in [-0.1, -0.05) is 39.3 Å². The summed E-state index contributed by atoms with van der Waals surface area (Å²) in [6.45, 7) is 7.73. The van der Waals surface area contributed by atoms with Crippen molar-refractivity contribution in [1.29, 1.82) is 0 Å². The highest BCUT2D eigenvalue weighted by atomic mass is 32.2. The van der Waals surface area contributed by atoms with E-state index in [0.717, 1.165) is 12.8 Å². The van der Waals surface area contributed by atoms with Crippen molar-refractivity contribution < 1.29 is 19.1 Å². The number of carbonyl (C=O) groups excluding carboxylic acids is 3. The van der Waals surface area contributed by atoms with Gasteiger partial charge in [0.05, 0.1) is 24.4 Å². The molecule has 2 aliphatic rings. The van der Waals surface area contributed by atoms with E-state index in [1.54, 1.807) is 13.0 Å². The van der Waals surface area contributed by atoms with Gasteiger partial charge in [0.1, 0.15) is 22.7 Å². The number of allylic oxidation sites excluding steroid dienone is 1. The normalized spacial score (nSPS) is 26.7. The standard InChI is InChI=1S/C24H32N4O4S/c1-5-6-7-10-17-12-19(29)25-13-16-9-8-11-18(26-16)21-28-24(4,14-33-21)23(31)27-20(15(2)3)22(30)32-17/h7-11,15,17,20H,5-6,12-14H2,1-4H3,(H,25,29)(H,27,31)/b10-7+/t17-,20+,24+/m1/s1. The molecule has 0 aromatic carbocycles. The zero-order chi connectivity index (χ0) is 24.0. The van der Waals surface area contributed by atoms with Gasteiger partial charge >= 0.3 is 5.97 Å². The number of hydrogen-bond donors (Lipinski definition) is 2. The number of cyclic esters (lactones) is 1. The Bertz CT molecular complexity index is 962. The minimum absolute atomic E-state index is 0.00924. The van der Waals surface area contributed by atoms with Crippen molar-refractivity contribution in [2.45, 2.75) is 71.2 Å². The van der Waals surface area contributed by atoms with Crippen LogP contribution in [-0.2, 0) is 25.7 Å². The number of thioether (sulfide) groups is 1. The van der Waals surface area contributed by atoms with Gasteiger partial charge in [0.25, 0.3) is 0 Å². The van der Waals surface area contributed by atoms with Gasteiger partial charge in [0.2, 0.25) is 11.8 Å². The van der Waals surface area contributed by atoms with E-state index in [1.807, 2.05) is 45.0 Å². The number of esters is 1. The summed E-state index contributed by atoms with van der Waals surface area (Å²) >= 11 is 1.45. The molecule has 33 heavy (non-hydrogen) atoms. The summed E-state index contributed by atoms with van der Waals surface area (Å²) in [6.07, 6.45) is 4.67. The molecule has 4 bridgehead atoms. The van der Waals surface area contributed by atoms with Crippen LogP contribution in [0.2, 0.25) is 0 Å². The highest BCUT2D eigenvalue weighted by Crippen LogP contribution is 2.31. The number of rotatable bonds is 4. The van der Waals surface area contributed by atoms with Crippen molar-refractivity contribution in [3.8, 4) is 0 Å². The number of ether oxygens (including phenoxy) is 1. The van der Waals surface area contributed by atoms with Crippen molar-refractivity contribution in [3.63, 3.8) is 0 Å². The lowest BCUT2D eigenvalue weighted by Gasteiger charge is -2.27. The average Bonchev–Trinajstić information content (AvgIpc) is 3.19. The molecule has 8 nitrogen and oxygen atoms in total. The molecule has 0 spiro atoms. The summed E-state index contributed by atoms with van der Waals surface area (Å²) in [7, 11) is 0. The second kappa shape index (κ2) is 11.0. The fourth-order valence-electron chi connectivity index (χ4n) is 3.47. The number of amides is 2. The fraction of sp³-hybridized carbons (Fsp3) is 0.542. The molecule has 1 aromatic rings. The third-order valence-corrected chi connectivity index (χ3v) is 6.77. The SMILES string of the molecule is CCC/C=C/[C@@H]1CC(=O)NCc2cccc(n2)C2=N[C@@](C)(CS2)C(=O)N[C@@H](C(C)C)C(=O)O1. The second-order valence-electron chi connectivity index (χ2n) is 8.86. The molecule has 0 fully saturated rings. The quantitative estimate of drug-likeness (QED) is 0.515. The first-order valence-electron chi connectivity index (χ1n) is 11.4. The number of nitrogens with zero attached hydrogens (tertiary/aromatic N) is 2.